The first kappa shape index (κ1) is 17.8. The Morgan fingerprint density at radius 1 is 1.12 bits per heavy atom. The van der Waals surface area contributed by atoms with Crippen molar-refractivity contribution in [2.24, 2.45) is 0 Å². The summed E-state index contributed by atoms with van der Waals surface area (Å²) in [4.78, 5) is 5.13. The van der Waals surface area contributed by atoms with Gasteiger partial charge in [-0.25, -0.2) is 17.8 Å². The summed E-state index contributed by atoms with van der Waals surface area (Å²) in [5.41, 5.74) is -0.395. The minimum Gasteiger partial charge on any atom is -0.345 e. The highest BCUT2D eigenvalue weighted by atomic mass is 35.5. The van der Waals surface area contributed by atoms with Gasteiger partial charge in [0.15, 0.2) is 0 Å². The van der Waals surface area contributed by atoms with Crippen LogP contribution in [-0.4, -0.2) is 18.4 Å². The molecule has 2 aromatic heterocycles. The SMILES string of the molecule is O=S(=O)(Nc1ccc(S(F)(F)F)cc1F)c1c[nH]c2nc(Cl)ccc12. The van der Waals surface area contributed by atoms with Gasteiger partial charge in [0.05, 0.1) is 10.6 Å². The molecule has 3 rings (SSSR count). The van der Waals surface area contributed by atoms with Crippen LogP contribution < -0.4 is 4.72 Å². The van der Waals surface area contributed by atoms with E-state index in [1.807, 2.05) is 4.72 Å². The molecule has 134 valence electrons. The second-order valence-electron chi connectivity index (χ2n) is 4.84. The molecule has 0 fully saturated rings. The summed E-state index contributed by atoms with van der Waals surface area (Å²) < 4.78 is 78.5. The van der Waals surface area contributed by atoms with Gasteiger partial charge in [-0.2, -0.15) is 0 Å². The molecule has 0 unspecified atom stereocenters. The van der Waals surface area contributed by atoms with Gasteiger partial charge in [-0.05, 0) is 30.3 Å². The van der Waals surface area contributed by atoms with Crippen molar-refractivity contribution in [3.05, 3.63) is 47.5 Å². The van der Waals surface area contributed by atoms with E-state index >= 15 is 0 Å². The average Bonchev–Trinajstić information content (AvgIpc) is 2.91. The summed E-state index contributed by atoms with van der Waals surface area (Å²) in [5, 5.41) is 0.344. The molecule has 12 heteroatoms. The van der Waals surface area contributed by atoms with Crippen molar-refractivity contribution >= 4 is 49.5 Å². The molecule has 0 radical (unpaired) electrons. The second kappa shape index (κ2) is 6.07. The number of sulfonamides is 1. The monoisotopic (exact) mass is 413 g/mol. The van der Waals surface area contributed by atoms with Crippen LogP contribution in [0.1, 0.15) is 0 Å². The van der Waals surface area contributed by atoms with Gasteiger partial charge < -0.3 is 4.98 Å². The molecule has 1 aromatic carbocycles. The van der Waals surface area contributed by atoms with Gasteiger partial charge in [0.25, 0.3) is 10.0 Å². The lowest BCUT2D eigenvalue weighted by atomic mass is 10.3. The van der Waals surface area contributed by atoms with E-state index < -0.39 is 37.6 Å². The second-order valence-corrected chi connectivity index (χ2v) is 8.16. The first-order valence-electron chi connectivity index (χ1n) is 6.46. The van der Waals surface area contributed by atoms with Crippen molar-refractivity contribution in [1.29, 1.82) is 0 Å². The quantitative estimate of drug-likeness (QED) is 0.468. The van der Waals surface area contributed by atoms with Crippen LogP contribution in [0.5, 0.6) is 0 Å². The van der Waals surface area contributed by atoms with E-state index in [-0.39, 0.29) is 27.1 Å². The number of nitrogens with one attached hydrogen (secondary N) is 2. The molecule has 0 spiro atoms. The van der Waals surface area contributed by atoms with E-state index in [4.69, 9.17) is 11.6 Å². The van der Waals surface area contributed by atoms with Crippen LogP contribution in [0.4, 0.5) is 21.7 Å². The van der Waals surface area contributed by atoms with Gasteiger partial charge in [-0.15, -0.1) is 11.7 Å². The predicted molar refractivity (Wildman–Crippen MR) is 87.5 cm³/mol. The first-order chi connectivity index (χ1) is 11.6. The van der Waals surface area contributed by atoms with Crippen molar-refractivity contribution in [2.75, 3.05) is 4.72 Å². The number of H-pyrrole nitrogens is 1. The summed E-state index contributed by atoms with van der Waals surface area (Å²) in [7, 11) is -4.26. The molecule has 2 heterocycles. The third-order valence-corrected chi connectivity index (χ3v) is 5.61. The lowest BCUT2D eigenvalue weighted by Crippen LogP contribution is -2.13. The number of hydrogen-bond acceptors (Lipinski definition) is 3. The van der Waals surface area contributed by atoms with Crippen LogP contribution in [0.3, 0.4) is 0 Å². The minimum absolute atomic E-state index is 0.141. The molecule has 0 aliphatic heterocycles. The van der Waals surface area contributed by atoms with E-state index in [2.05, 4.69) is 9.97 Å². The van der Waals surface area contributed by atoms with Gasteiger partial charge in [0.2, 0.25) is 11.2 Å². The van der Waals surface area contributed by atoms with Crippen LogP contribution in [-0.2, 0) is 10.0 Å². The molecule has 0 atom stereocenters. The fourth-order valence-corrected chi connectivity index (χ4v) is 3.94. The summed E-state index contributed by atoms with van der Waals surface area (Å²) >= 11 is 0.104. The maximum Gasteiger partial charge on any atom is 0.264 e. The highest BCUT2D eigenvalue weighted by Crippen LogP contribution is 2.60. The maximum absolute atomic E-state index is 13.9. The van der Waals surface area contributed by atoms with E-state index in [9.17, 15) is 24.5 Å². The van der Waals surface area contributed by atoms with E-state index in [1.165, 1.54) is 12.1 Å². The Hall–Kier alpha value is -1.98. The number of aromatic amines is 1. The summed E-state index contributed by atoms with van der Waals surface area (Å²) in [5.74, 6) is -1.33. The fraction of sp³-hybridized carbons (Fsp3) is 0. The third kappa shape index (κ3) is 3.53. The molecule has 3 aromatic rings. The van der Waals surface area contributed by atoms with E-state index in [0.717, 1.165) is 12.3 Å². The first-order valence-corrected chi connectivity index (χ1v) is 9.66. The van der Waals surface area contributed by atoms with E-state index in [0.29, 0.717) is 6.07 Å². The smallest absolute Gasteiger partial charge is 0.264 e. The number of nitrogens with zero attached hydrogens (tertiary/aromatic N) is 1. The Kier molecular flexibility index (Phi) is 4.33. The van der Waals surface area contributed by atoms with Crippen molar-refractivity contribution in [2.45, 2.75) is 9.79 Å². The highest BCUT2D eigenvalue weighted by molar-refractivity contribution is 8.20. The number of aromatic nitrogens is 2. The molecule has 5 nitrogen and oxygen atoms in total. The molecule has 0 amide bonds. The predicted octanol–water partition coefficient (Wildman–Crippen LogP) is 4.97. The maximum atomic E-state index is 13.9. The zero-order chi connectivity index (χ0) is 18.4. The van der Waals surface area contributed by atoms with Crippen LogP contribution >= 0.6 is 22.8 Å². The molecule has 0 aliphatic rings. The third-order valence-electron chi connectivity index (χ3n) is 3.21. The Morgan fingerprint density at radius 3 is 2.48 bits per heavy atom. The fourth-order valence-electron chi connectivity index (χ4n) is 2.10. The Balaban J connectivity index is 1.99. The lowest BCUT2D eigenvalue weighted by molar-refractivity contribution is 0.598. The number of benzene rings is 1. The number of pyridine rings is 1. The summed E-state index contributed by atoms with van der Waals surface area (Å²) in [6.45, 7) is 0. The Bertz CT molecular complexity index is 1070. The molecular weight excluding hydrogens is 406 g/mol. The van der Waals surface area contributed by atoms with Gasteiger partial charge in [0, 0.05) is 11.6 Å². The zero-order valence-electron chi connectivity index (χ0n) is 11.9. The van der Waals surface area contributed by atoms with E-state index in [1.54, 1.807) is 0 Å². The summed E-state index contributed by atoms with van der Waals surface area (Å²) in [6, 6.07) is 4.38. The summed E-state index contributed by atoms with van der Waals surface area (Å²) in [6.07, 6.45) is 1.13. The number of halogens is 5. The minimum atomic E-state index is -5.60. The normalized spacial score (nSPS) is 13.2. The molecule has 0 aliphatic carbocycles. The van der Waals surface area contributed by atoms with Crippen LogP contribution in [0.2, 0.25) is 5.15 Å². The van der Waals surface area contributed by atoms with Crippen molar-refractivity contribution < 1.29 is 24.5 Å². The topological polar surface area (TPSA) is 74.8 Å². The molecular formula is C13H8ClF4N3O2S2. The Morgan fingerprint density at radius 2 is 1.84 bits per heavy atom. The number of fused-ring (bicyclic) bond motifs is 1. The number of hydrogen-bond donors (Lipinski definition) is 2. The molecule has 25 heavy (non-hydrogen) atoms. The number of rotatable bonds is 4. The molecule has 0 saturated heterocycles. The largest absolute Gasteiger partial charge is 0.345 e. The zero-order valence-corrected chi connectivity index (χ0v) is 14.3. The van der Waals surface area contributed by atoms with Crippen molar-refractivity contribution in [1.82, 2.24) is 9.97 Å². The van der Waals surface area contributed by atoms with Crippen LogP contribution in [0.15, 0.2) is 46.3 Å². The van der Waals surface area contributed by atoms with Gasteiger partial charge >= 0.3 is 0 Å². The molecule has 0 bridgehead atoms. The van der Waals surface area contributed by atoms with Crippen LogP contribution in [0, 0.1) is 5.82 Å². The number of anilines is 1. The highest BCUT2D eigenvalue weighted by Gasteiger charge is 2.27. The van der Waals surface area contributed by atoms with Crippen molar-refractivity contribution in [3.8, 4) is 0 Å². The lowest BCUT2D eigenvalue weighted by Gasteiger charge is -2.12. The standard InChI is InChI=1S/C13H8ClF4N3O2S2/c14-12-4-2-8-11(6-19-13(8)20-12)25(22,23)21-10-3-1-7(5-9(10)15)24(16,17)18/h1-6,21H,(H,19,20). The average molecular weight is 414 g/mol. The van der Waals surface area contributed by atoms with Gasteiger partial charge in [-0.3, -0.25) is 4.72 Å². The Labute approximate surface area is 146 Å². The van der Waals surface area contributed by atoms with Crippen LogP contribution in [0.25, 0.3) is 11.0 Å². The molecule has 0 saturated carbocycles. The molecule has 2 N–H and O–H groups in total. The van der Waals surface area contributed by atoms with Gasteiger partial charge in [-0.1, -0.05) is 11.6 Å². The van der Waals surface area contributed by atoms with Crippen molar-refractivity contribution in [3.63, 3.8) is 0 Å². The van der Waals surface area contributed by atoms with Gasteiger partial charge in [0.1, 0.15) is 21.5 Å².